The van der Waals surface area contributed by atoms with Crippen molar-refractivity contribution in [2.75, 3.05) is 19.8 Å². The second kappa shape index (κ2) is 12.0. The molecule has 0 bridgehead atoms. The number of carbonyl (C=O) groups is 1. The number of aromatic nitrogens is 1. The molecule has 0 aliphatic rings. The Hall–Kier alpha value is -3.38. The number of carboxylic acids is 1. The van der Waals surface area contributed by atoms with Crippen LogP contribution in [0.5, 0.6) is 11.6 Å². The number of aryl methyl sites for hydroxylation is 3. The number of carboxylic acid groups (broad SMARTS) is 1. The Bertz CT molecular complexity index is 1040. The second-order valence-corrected chi connectivity index (χ2v) is 7.84. The number of hydrogen-bond donors (Lipinski definition) is 1. The van der Waals surface area contributed by atoms with Crippen LogP contribution in [-0.2, 0) is 22.6 Å². The summed E-state index contributed by atoms with van der Waals surface area (Å²) in [4.78, 5) is 15.4. The molecule has 6 nitrogen and oxygen atoms in total. The zero-order valence-corrected chi connectivity index (χ0v) is 19.5. The Labute approximate surface area is 195 Å². The van der Waals surface area contributed by atoms with E-state index in [2.05, 4.69) is 13.8 Å². The molecular formula is C27H31NO5. The van der Waals surface area contributed by atoms with Crippen molar-refractivity contribution in [2.45, 2.75) is 40.2 Å². The minimum absolute atomic E-state index is 0.131. The van der Waals surface area contributed by atoms with Gasteiger partial charge in [-0.15, -0.1) is 0 Å². The number of aliphatic carboxylic acids is 1. The van der Waals surface area contributed by atoms with Gasteiger partial charge in [-0.1, -0.05) is 30.3 Å². The lowest BCUT2D eigenvalue weighted by Gasteiger charge is -2.14. The van der Waals surface area contributed by atoms with Crippen molar-refractivity contribution in [1.29, 1.82) is 0 Å². The molecule has 0 radical (unpaired) electrons. The maximum Gasteiger partial charge on any atom is 0.303 e. The Morgan fingerprint density at radius 2 is 1.64 bits per heavy atom. The van der Waals surface area contributed by atoms with Crippen LogP contribution in [0.2, 0.25) is 0 Å². The van der Waals surface area contributed by atoms with E-state index in [9.17, 15) is 4.79 Å². The molecule has 0 aliphatic carbocycles. The van der Waals surface area contributed by atoms with Gasteiger partial charge in [0, 0.05) is 24.7 Å². The summed E-state index contributed by atoms with van der Waals surface area (Å²) < 4.78 is 17.1. The van der Waals surface area contributed by atoms with Gasteiger partial charge >= 0.3 is 5.97 Å². The number of nitrogens with zero attached hydrogens (tertiary/aromatic N) is 1. The van der Waals surface area contributed by atoms with Crippen LogP contribution < -0.4 is 9.47 Å². The van der Waals surface area contributed by atoms with E-state index in [1.54, 1.807) is 0 Å². The molecule has 0 fully saturated rings. The second-order valence-electron chi connectivity index (χ2n) is 7.84. The summed E-state index contributed by atoms with van der Waals surface area (Å²) in [6.07, 6.45) is 0.654. The number of hydrogen-bond acceptors (Lipinski definition) is 5. The lowest BCUT2D eigenvalue weighted by Crippen LogP contribution is -2.06. The lowest BCUT2D eigenvalue weighted by atomic mass is 9.99. The largest absolute Gasteiger partial charge is 0.491 e. The topological polar surface area (TPSA) is 77.9 Å². The minimum Gasteiger partial charge on any atom is -0.491 e. The quantitative estimate of drug-likeness (QED) is 0.374. The van der Waals surface area contributed by atoms with Gasteiger partial charge < -0.3 is 19.3 Å². The summed E-state index contributed by atoms with van der Waals surface area (Å²) in [5.74, 6) is 0.591. The Balaban J connectivity index is 1.65. The fourth-order valence-electron chi connectivity index (χ4n) is 3.62. The van der Waals surface area contributed by atoms with Gasteiger partial charge in [0.2, 0.25) is 5.88 Å². The molecule has 0 atom stereocenters. The van der Waals surface area contributed by atoms with Gasteiger partial charge in [0.25, 0.3) is 0 Å². The van der Waals surface area contributed by atoms with Gasteiger partial charge in [-0.05, 0) is 67.6 Å². The minimum atomic E-state index is -0.789. The third kappa shape index (κ3) is 7.32. The first-order chi connectivity index (χ1) is 16.0. The predicted octanol–water partition coefficient (Wildman–Crippen LogP) is 5.38. The van der Waals surface area contributed by atoms with E-state index in [-0.39, 0.29) is 6.42 Å². The van der Waals surface area contributed by atoms with E-state index < -0.39 is 5.97 Å². The maximum absolute atomic E-state index is 10.7. The maximum atomic E-state index is 10.7. The van der Waals surface area contributed by atoms with Gasteiger partial charge in [0.15, 0.2) is 0 Å². The van der Waals surface area contributed by atoms with Crippen molar-refractivity contribution in [3.63, 3.8) is 0 Å². The number of ether oxygens (including phenoxy) is 3. The Morgan fingerprint density at radius 1 is 0.939 bits per heavy atom. The van der Waals surface area contributed by atoms with Crippen molar-refractivity contribution in [1.82, 2.24) is 4.98 Å². The fourth-order valence-corrected chi connectivity index (χ4v) is 3.62. The van der Waals surface area contributed by atoms with Gasteiger partial charge in [-0.2, -0.15) is 0 Å². The molecular weight excluding hydrogens is 418 g/mol. The zero-order valence-electron chi connectivity index (χ0n) is 19.5. The lowest BCUT2D eigenvalue weighted by molar-refractivity contribution is -0.136. The molecule has 0 amide bonds. The van der Waals surface area contributed by atoms with Crippen molar-refractivity contribution >= 4 is 5.97 Å². The monoisotopic (exact) mass is 449 g/mol. The van der Waals surface area contributed by atoms with Crippen molar-refractivity contribution in [3.8, 4) is 22.9 Å². The van der Waals surface area contributed by atoms with E-state index in [1.807, 2.05) is 61.5 Å². The highest BCUT2D eigenvalue weighted by Gasteiger charge is 2.11. The van der Waals surface area contributed by atoms with Gasteiger partial charge in [-0.3, -0.25) is 4.79 Å². The molecule has 0 unspecified atom stereocenters. The van der Waals surface area contributed by atoms with Gasteiger partial charge in [-0.25, -0.2) is 4.98 Å². The first kappa shape index (κ1) is 24.3. The van der Waals surface area contributed by atoms with Crippen LogP contribution in [0.25, 0.3) is 11.3 Å². The van der Waals surface area contributed by atoms with Crippen LogP contribution in [0.3, 0.4) is 0 Å². The molecule has 0 spiro atoms. The zero-order chi connectivity index (χ0) is 23.6. The third-order valence-electron chi connectivity index (χ3n) is 5.22. The Kier molecular flexibility index (Phi) is 8.84. The molecule has 174 valence electrons. The highest BCUT2D eigenvalue weighted by atomic mass is 16.5. The number of benzene rings is 2. The summed E-state index contributed by atoms with van der Waals surface area (Å²) in [6, 6.07) is 17.6. The summed E-state index contributed by atoms with van der Waals surface area (Å²) in [5.41, 5.74) is 6.10. The molecule has 1 aromatic heterocycles. The standard InChI is InChI=1S/C27H31NO5/c1-4-31-14-15-32-23-16-19(2)27(20(3)17-23)24-6-5-7-25(28-24)33-18-22-10-8-21(9-11-22)12-13-26(29)30/h5-11,16-17H,4,12-15,18H2,1-3H3,(H,29,30). The average molecular weight is 450 g/mol. The van der Waals surface area contributed by atoms with Gasteiger partial charge in [0.1, 0.15) is 19.0 Å². The summed E-state index contributed by atoms with van der Waals surface area (Å²) in [6.45, 7) is 8.24. The molecule has 1 heterocycles. The van der Waals surface area contributed by atoms with Crippen LogP contribution in [0.1, 0.15) is 35.6 Å². The van der Waals surface area contributed by atoms with E-state index in [0.29, 0.717) is 38.7 Å². The SMILES string of the molecule is CCOCCOc1cc(C)c(-c2cccc(OCc3ccc(CCC(=O)O)cc3)n2)c(C)c1. The third-order valence-corrected chi connectivity index (χ3v) is 5.22. The van der Waals surface area contributed by atoms with E-state index in [4.69, 9.17) is 24.3 Å². The molecule has 33 heavy (non-hydrogen) atoms. The predicted molar refractivity (Wildman–Crippen MR) is 128 cm³/mol. The molecule has 1 N–H and O–H groups in total. The first-order valence-electron chi connectivity index (χ1n) is 11.2. The van der Waals surface area contributed by atoms with Crippen LogP contribution >= 0.6 is 0 Å². The van der Waals surface area contributed by atoms with Crippen molar-refractivity contribution < 1.29 is 24.1 Å². The molecule has 2 aromatic carbocycles. The van der Waals surface area contributed by atoms with Crippen molar-refractivity contribution in [3.05, 3.63) is 76.9 Å². The Morgan fingerprint density at radius 3 is 2.30 bits per heavy atom. The molecule has 6 heteroatoms. The molecule has 3 aromatic rings. The van der Waals surface area contributed by atoms with Crippen LogP contribution in [0.15, 0.2) is 54.6 Å². The average Bonchev–Trinajstić information content (AvgIpc) is 2.80. The van der Waals surface area contributed by atoms with Crippen LogP contribution in [0.4, 0.5) is 0 Å². The van der Waals surface area contributed by atoms with Crippen LogP contribution in [0, 0.1) is 13.8 Å². The summed E-state index contributed by atoms with van der Waals surface area (Å²) in [7, 11) is 0. The molecule has 3 rings (SSSR count). The van der Waals surface area contributed by atoms with Crippen LogP contribution in [-0.4, -0.2) is 35.9 Å². The summed E-state index contributed by atoms with van der Waals surface area (Å²) in [5, 5.41) is 8.81. The molecule has 0 saturated heterocycles. The van der Waals surface area contributed by atoms with E-state index in [0.717, 1.165) is 39.3 Å². The van der Waals surface area contributed by atoms with E-state index >= 15 is 0 Å². The highest BCUT2D eigenvalue weighted by molar-refractivity contribution is 5.69. The van der Waals surface area contributed by atoms with Gasteiger partial charge in [0.05, 0.1) is 12.3 Å². The number of rotatable bonds is 12. The van der Waals surface area contributed by atoms with Crippen molar-refractivity contribution in [2.24, 2.45) is 0 Å². The normalized spacial score (nSPS) is 10.8. The number of pyridine rings is 1. The summed E-state index contributed by atoms with van der Waals surface area (Å²) >= 11 is 0. The van der Waals surface area contributed by atoms with E-state index in [1.165, 1.54) is 0 Å². The fraction of sp³-hybridized carbons (Fsp3) is 0.333. The highest BCUT2D eigenvalue weighted by Crippen LogP contribution is 2.31. The smallest absolute Gasteiger partial charge is 0.303 e. The molecule has 0 aliphatic heterocycles. The molecule has 0 saturated carbocycles. The first-order valence-corrected chi connectivity index (χ1v) is 11.2.